The number of aromatic hydroxyl groups is 1. The van der Waals surface area contributed by atoms with E-state index in [-0.39, 0.29) is 5.97 Å². The number of ether oxygens (including phenoxy) is 1. The van der Waals surface area contributed by atoms with Crippen molar-refractivity contribution < 1.29 is 14.6 Å². The number of rotatable bonds is 8. The van der Waals surface area contributed by atoms with Gasteiger partial charge in [0.2, 0.25) is 0 Å². The zero-order valence-electron chi connectivity index (χ0n) is 17.5. The van der Waals surface area contributed by atoms with Gasteiger partial charge < -0.3 is 9.84 Å². The molecular weight excluding hydrogens is 372 g/mol. The summed E-state index contributed by atoms with van der Waals surface area (Å²) >= 11 is 0. The minimum absolute atomic E-state index is 0.293. The third-order valence-electron chi connectivity index (χ3n) is 5.37. The maximum absolute atomic E-state index is 12.1. The molecule has 3 rings (SSSR count). The van der Waals surface area contributed by atoms with Gasteiger partial charge in [-0.05, 0) is 71.7 Å². The van der Waals surface area contributed by atoms with Gasteiger partial charge in [-0.15, -0.1) is 0 Å². The van der Waals surface area contributed by atoms with Crippen molar-refractivity contribution in [3.63, 3.8) is 0 Å². The molecule has 0 radical (unpaired) electrons. The topological polar surface area (TPSA) is 46.5 Å². The molecule has 3 aromatic carbocycles. The van der Waals surface area contributed by atoms with Crippen LogP contribution < -0.4 is 4.74 Å². The van der Waals surface area contributed by atoms with Crippen LogP contribution in [0.2, 0.25) is 0 Å². The fraction of sp³-hybridized carbons (Fsp3) is 0.222. The zero-order valence-corrected chi connectivity index (χ0v) is 17.5. The van der Waals surface area contributed by atoms with Crippen LogP contribution in [0.3, 0.4) is 0 Å². The van der Waals surface area contributed by atoms with Gasteiger partial charge >= 0.3 is 5.97 Å². The third-order valence-corrected chi connectivity index (χ3v) is 5.37. The Morgan fingerprint density at radius 3 is 2.20 bits per heavy atom. The van der Waals surface area contributed by atoms with Crippen LogP contribution in [-0.2, 0) is 4.79 Å². The van der Waals surface area contributed by atoms with Crippen LogP contribution >= 0.6 is 0 Å². The van der Waals surface area contributed by atoms with E-state index in [4.69, 9.17) is 4.74 Å². The molecule has 0 heterocycles. The Kier molecular flexibility index (Phi) is 7.45. The predicted octanol–water partition coefficient (Wildman–Crippen LogP) is 6.70. The van der Waals surface area contributed by atoms with Gasteiger partial charge in [-0.1, -0.05) is 68.4 Å². The van der Waals surface area contributed by atoms with E-state index in [1.807, 2.05) is 66.7 Å². The molecule has 3 heteroatoms. The van der Waals surface area contributed by atoms with E-state index in [0.29, 0.717) is 23.3 Å². The van der Waals surface area contributed by atoms with Crippen molar-refractivity contribution in [2.24, 2.45) is 0 Å². The first kappa shape index (κ1) is 21.4. The van der Waals surface area contributed by atoms with Crippen molar-refractivity contribution in [1.82, 2.24) is 0 Å². The molecule has 0 aliphatic rings. The Morgan fingerprint density at radius 1 is 0.933 bits per heavy atom. The molecule has 2 unspecified atom stereocenters. The summed E-state index contributed by atoms with van der Waals surface area (Å²) in [5.41, 5.74) is 3.42. The van der Waals surface area contributed by atoms with E-state index in [1.54, 1.807) is 18.2 Å². The summed E-state index contributed by atoms with van der Waals surface area (Å²) in [6.07, 6.45) is 5.23. The first-order valence-corrected chi connectivity index (χ1v) is 10.4. The van der Waals surface area contributed by atoms with Gasteiger partial charge in [0.1, 0.15) is 11.5 Å². The van der Waals surface area contributed by atoms with E-state index >= 15 is 0 Å². The highest BCUT2D eigenvalue weighted by Crippen LogP contribution is 2.33. The lowest BCUT2D eigenvalue weighted by molar-refractivity contribution is -0.128. The largest absolute Gasteiger partial charge is 0.508 e. The standard InChI is InChI=1S/C27H28O3/c1-3-22(19-20(2)23-10-14-25(28)15-11-23)24-12-16-26(17-13-24)30-27(29)18-9-21-7-5-4-6-8-21/h4-18,20,22,28H,3,19H2,1-2H3/b18-9+. The number of carbonyl (C=O) groups excluding carboxylic acids is 1. The summed E-state index contributed by atoms with van der Waals surface area (Å²) < 4.78 is 5.42. The zero-order chi connectivity index (χ0) is 21.3. The number of carbonyl (C=O) groups is 1. The molecule has 2 atom stereocenters. The molecule has 0 saturated heterocycles. The number of phenolic OH excluding ortho intramolecular Hbond substituents is 1. The van der Waals surface area contributed by atoms with Crippen molar-refractivity contribution in [2.45, 2.75) is 38.5 Å². The van der Waals surface area contributed by atoms with E-state index in [2.05, 4.69) is 13.8 Å². The van der Waals surface area contributed by atoms with Gasteiger partial charge in [-0.2, -0.15) is 0 Å². The quantitative estimate of drug-likeness (QED) is 0.260. The van der Waals surface area contributed by atoms with E-state index in [1.165, 1.54) is 17.2 Å². The monoisotopic (exact) mass is 400 g/mol. The number of benzene rings is 3. The summed E-state index contributed by atoms with van der Waals surface area (Å²) in [7, 11) is 0. The summed E-state index contributed by atoms with van der Waals surface area (Å²) in [4.78, 5) is 12.1. The Balaban J connectivity index is 1.59. The Labute approximate surface area is 178 Å². The molecule has 0 spiro atoms. The SMILES string of the molecule is CCC(CC(C)c1ccc(O)cc1)c1ccc(OC(=O)/C=C/c2ccccc2)cc1. The van der Waals surface area contributed by atoms with Gasteiger partial charge in [-0.25, -0.2) is 4.79 Å². The maximum Gasteiger partial charge on any atom is 0.336 e. The molecule has 3 aromatic rings. The van der Waals surface area contributed by atoms with Crippen LogP contribution in [0, 0.1) is 0 Å². The van der Waals surface area contributed by atoms with E-state index < -0.39 is 0 Å². The smallest absolute Gasteiger partial charge is 0.336 e. The lowest BCUT2D eigenvalue weighted by Gasteiger charge is -2.21. The lowest BCUT2D eigenvalue weighted by Crippen LogP contribution is -2.05. The highest BCUT2D eigenvalue weighted by atomic mass is 16.5. The van der Waals surface area contributed by atoms with Gasteiger partial charge in [0, 0.05) is 6.08 Å². The summed E-state index contributed by atoms with van der Waals surface area (Å²) in [5.74, 6) is 1.25. The van der Waals surface area contributed by atoms with Crippen LogP contribution in [0.15, 0.2) is 84.9 Å². The molecule has 0 aliphatic carbocycles. The van der Waals surface area contributed by atoms with Crippen molar-refractivity contribution in [3.8, 4) is 11.5 Å². The molecule has 0 aliphatic heterocycles. The Hall–Kier alpha value is -3.33. The van der Waals surface area contributed by atoms with Crippen LogP contribution in [-0.4, -0.2) is 11.1 Å². The number of esters is 1. The summed E-state index contributed by atoms with van der Waals surface area (Å²) in [5, 5.41) is 9.48. The molecule has 0 fully saturated rings. The van der Waals surface area contributed by atoms with Crippen molar-refractivity contribution in [3.05, 3.63) is 102 Å². The highest BCUT2D eigenvalue weighted by molar-refractivity contribution is 5.88. The fourth-order valence-electron chi connectivity index (χ4n) is 3.59. The summed E-state index contributed by atoms with van der Waals surface area (Å²) in [6, 6.07) is 24.9. The first-order valence-electron chi connectivity index (χ1n) is 10.4. The second kappa shape index (κ2) is 10.4. The average Bonchev–Trinajstić information content (AvgIpc) is 2.78. The molecule has 1 N–H and O–H groups in total. The molecule has 0 amide bonds. The minimum atomic E-state index is -0.389. The molecule has 0 bridgehead atoms. The van der Waals surface area contributed by atoms with E-state index in [9.17, 15) is 9.90 Å². The number of phenols is 1. The molecule has 154 valence electrons. The Bertz CT molecular complexity index is 957. The second-order valence-electron chi connectivity index (χ2n) is 7.57. The highest BCUT2D eigenvalue weighted by Gasteiger charge is 2.15. The first-order chi connectivity index (χ1) is 14.5. The van der Waals surface area contributed by atoms with Crippen LogP contribution in [0.25, 0.3) is 6.08 Å². The molecular formula is C27H28O3. The lowest BCUT2D eigenvalue weighted by atomic mass is 9.84. The fourth-order valence-corrected chi connectivity index (χ4v) is 3.59. The van der Waals surface area contributed by atoms with Crippen molar-refractivity contribution in [1.29, 1.82) is 0 Å². The molecule has 0 aromatic heterocycles. The normalized spacial score (nSPS) is 13.1. The maximum atomic E-state index is 12.1. The van der Waals surface area contributed by atoms with Gasteiger partial charge in [0.05, 0.1) is 0 Å². The van der Waals surface area contributed by atoms with Gasteiger partial charge in [0.25, 0.3) is 0 Å². The van der Waals surface area contributed by atoms with Crippen LogP contribution in [0.5, 0.6) is 11.5 Å². The predicted molar refractivity (Wildman–Crippen MR) is 122 cm³/mol. The average molecular weight is 401 g/mol. The van der Waals surface area contributed by atoms with Gasteiger partial charge in [-0.3, -0.25) is 0 Å². The van der Waals surface area contributed by atoms with Crippen LogP contribution in [0.1, 0.15) is 55.2 Å². The number of hydrogen-bond donors (Lipinski definition) is 1. The third kappa shape index (κ3) is 6.08. The number of hydrogen-bond acceptors (Lipinski definition) is 3. The molecule has 0 saturated carbocycles. The Morgan fingerprint density at radius 2 is 1.57 bits per heavy atom. The van der Waals surface area contributed by atoms with Crippen molar-refractivity contribution in [2.75, 3.05) is 0 Å². The van der Waals surface area contributed by atoms with Gasteiger partial charge in [0.15, 0.2) is 0 Å². The second-order valence-corrected chi connectivity index (χ2v) is 7.57. The minimum Gasteiger partial charge on any atom is -0.508 e. The van der Waals surface area contributed by atoms with Crippen LogP contribution in [0.4, 0.5) is 0 Å². The van der Waals surface area contributed by atoms with Crippen molar-refractivity contribution >= 4 is 12.0 Å². The molecule has 3 nitrogen and oxygen atoms in total. The molecule has 30 heavy (non-hydrogen) atoms. The summed E-state index contributed by atoms with van der Waals surface area (Å²) in [6.45, 7) is 4.40. The van der Waals surface area contributed by atoms with E-state index in [0.717, 1.165) is 18.4 Å².